The van der Waals surface area contributed by atoms with Crippen LogP contribution in [0.5, 0.6) is 0 Å². The lowest BCUT2D eigenvalue weighted by atomic mass is 9.91. The average molecular weight is 236 g/mol. The van der Waals surface area contributed by atoms with E-state index in [1.807, 2.05) is 7.05 Å². The Bertz CT molecular complexity index is 286. The summed E-state index contributed by atoms with van der Waals surface area (Å²) in [5.41, 5.74) is 0. The Hall–Kier alpha value is -0.830. The molecule has 1 aliphatic carbocycles. The Morgan fingerprint density at radius 1 is 1.35 bits per heavy atom. The molecule has 0 aromatic rings. The second-order valence-electron chi connectivity index (χ2n) is 5.22. The lowest BCUT2D eigenvalue weighted by molar-refractivity contribution is -0.139. The number of carbonyl (C=O) groups is 1. The maximum Gasteiger partial charge on any atom is 0.226 e. The minimum atomic E-state index is 0.248. The first-order valence-corrected chi connectivity index (χ1v) is 6.93. The summed E-state index contributed by atoms with van der Waals surface area (Å²) in [4.78, 5) is 14.6. The fraction of sp³-hybridized carbons (Fsp3) is 0.786. The highest BCUT2D eigenvalue weighted by atomic mass is 16.2. The molecule has 2 atom stereocenters. The van der Waals surface area contributed by atoms with E-state index in [2.05, 4.69) is 22.4 Å². The summed E-state index contributed by atoms with van der Waals surface area (Å²) in [6, 6.07) is 0.423. The van der Waals surface area contributed by atoms with Gasteiger partial charge in [-0.15, -0.1) is 0 Å². The van der Waals surface area contributed by atoms with Crippen LogP contribution in [-0.4, -0.2) is 37.0 Å². The molecule has 0 saturated carbocycles. The van der Waals surface area contributed by atoms with Crippen LogP contribution < -0.4 is 5.32 Å². The van der Waals surface area contributed by atoms with Gasteiger partial charge in [-0.2, -0.15) is 0 Å². The number of amides is 1. The van der Waals surface area contributed by atoms with Crippen LogP contribution >= 0.6 is 0 Å². The molecule has 1 fully saturated rings. The molecule has 2 aliphatic rings. The van der Waals surface area contributed by atoms with Crippen LogP contribution in [0, 0.1) is 5.92 Å². The molecule has 1 amide bonds. The topological polar surface area (TPSA) is 32.3 Å². The molecule has 17 heavy (non-hydrogen) atoms. The van der Waals surface area contributed by atoms with Crippen molar-refractivity contribution >= 4 is 5.91 Å². The number of rotatable bonds is 3. The van der Waals surface area contributed by atoms with Crippen LogP contribution in [0.1, 0.15) is 38.5 Å². The monoisotopic (exact) mass is 236 g/mol. The first-order valence-electron chi connectivity index (χ1n) is 6.93. The second kappa shape index (κ2) is 6.20. The van der Waals surface area contributed by atoms with Gasteiger partial charge in [-0.25, -0.2) is 0 Å². The fourth-order valence-corrected chi connectivity index (χ4v) is 2.99. The number of hydrogen-bond donors (Lipinski definition) is 1. The first kappa shape index (κ1) is 12.6. The molecule has 1 saturated heterocycles. The van der Waals surface area contributed by atoms with E-state index in [1.165, 1.54) is 12.8 Å². The molecular formula is C14H24N2O. The molecule has 1 N–H and O–H groups in total. The maximum absolute atomic E-state index is 12.5. The predicted octanol–water partition coefficient (Wildman–Crippen LogP) is 1.94. The smallest absolute Gasteiger partial charge is 0.226 e. The van der Waals surface area contributed by atoms with Gasteiger partial charge in [-0.05, 0) is 45.6 Å². The number of likely N-dealkylation sites (N-methyl/N-ethyl adjacent to an activating group) is 1. The summed E-state index contributed by atoms with van der Waals surface area (Å²) in [5, 5.41) is 3.22. The van der Waals surface area contributed by atoms with E-state index in [9.17, 15) is 4.79 Å². The quantitative estimate of drug-likeness (QED) is 0.760. The number of carbonyl (C=O) groups excluding carboxylic acids is 1. The van der Waals surface area contributed by atoms with Gasteiger partial charge in [0.15, 0.2) is 0 Å². The lowest BCUT2D eigenvalue weighted by Gasteiger charge is -2.38. The van der Waals surface area contributed by atoms with Gasteiger partial charge in [0.2, 0.25) is 5.91 Å². The Balaban J connectivity index is 1.97. The van der Waals surface area contributed by atoms with Gasteiger partial charge in [0.1, 0.15) is 0 Å². The van der Waals surface area contributed by atoms with Crippen molar-refractivity contribution in [3.05, 3.63) is 12.2 Å². The van der Waals surface area contributed by atoms with Crippen LogP contribution in [0.25, 0.3) is 0 Å². The maximum atomic E-state index is 12.5. The van der Waals surface area contributed by atoms with E-state index >= 15 is 0 Å². The van der Waals surface area contributed by atoms with E-state index in [1.54, 1.807) is 0 Å². The molecule has 3 nitrogen and oxygen atoms in total. The molecule has 0 aromatic heterocycles. The van der Waals surface area contributed by atoms with Crippen LogP contribution in [0.15, 0.2) is 12.2 Å². The normalized spacial score (nSPS) is 29.4. The number of nitrogens with zero attached hydrogens (tertiary/aromatic N) is 1. The highest BCUT2D eigenvalue weighted by Gasteiger charge is 2.30. The molecule has 1 heterocycles. The molecule has 0 radical (unpaired) electrons. The second-order valence-corrected chi connectivity index (χ2v) is 5.22. The number of piperidine rings is 1. The van der Waals surface area contributed by atoms with Gasteiger partial charge < -0.3 is 10.2 Å². The Morgan fingerprint density at radius 2 is 2.24 bits per heavy atom. The van der Waals surface area contributed by atoms with Gasteiger partial charge in [0, 0.05) is 25.0 Å². The molecule has 2 unspecified atom stereocenters. The van der Waals surface area contributed by atoms with Gasteiger partial charge in [0.05, 0.1) is 0 Å². The van der Waals surface area contributed by atoms with Crippen molar-refractivity contribution < 1.29 is 4.79 Å². The van der Waals surface area contributed by atoms with E-state index in [0.29, 0.717) is 11.9 Å². The van der Waals surface area contributed by atoms with E-state index in [-0.39, 0.29) is 5.92 Å². The summed E-state index contributed by atoms with van der Waals surface area (Å²) in [6.45, 7) is 1.90. The Labute approximate surface area is 104 Å². The van der Waals surface area contributed by atoms with Crippen molar-refractivity contribution in [3.63, 3.8) is 0 Å². The molecule has 96 valence electrons. The summed E-state index contributed by atoms with van der Waals surface area (Å²) in [6.07, 6.45) is 11.0. The van der Waals surface area contributed by atoms with Gasteiger partial charge in [0.25, 0.3) is 0 Å². The van der Waals surface area contributed by atoms with Crippen LogP contribution in [0.4, 0.5) is 0 Å². The zero-order valence-corrected chi connectivity index (χ0v) is 10.8. The van der Waals surface area contributed by atoms with Gasteiger partial charge in [-0.3, -0.25) is 4.79 Å². The van der Waals surface area contributed by atoms with Crippen molar-refractivity contribution in [2.45, 2.75) is 44.6 Å². The highest BCUT2D eigenvalue weighted by Crippen LogP contribution is 2.25. The van der Waals surface area contributed by atoms with E-state index in [4.69, 9.17) is 0 Å². The summed E-state index contributed by atoms with van der Waals surface area (Å²) in [5.74, 6) is 0.645. The number of nitrogens with one attached hydrogen (secondary N) is 1. The molecule has 0 aromatic carbocycles. The minimum absolute atomic E-state index is 0.248. The number of likely N-dealkylation sites (tertiary alicyclic amines) is 1. The van der Waals surface area contributed by atoms with Crippen molar-refractivity contribution in [1.82, 2.24) is 10.2 Å². The molecule has 0 bridgehead atoms. The van der Waals surface area contributed by atoms with Crippen molar-refractivity contribution in [2.75, 3.05) is 20.1 Å². The van der Waals surface area contributed by atoms with E-state index < -0.39 is 0 Å². The third-order valence-corrected chi connectivity index (χ3v) is 3.97. The SMILES string of the molecule is CNCC1CCCCN1C(=O)C1CC=CCC1. The average Bonchev–Trinajstić information content (AvgIpc) is 2.40. The third-order valence-electron chi connectivity index (χ3n) is 3.97. The summed E-state index contributed by atoms with van der Waals surface area (Å²) < 4.78 is 0. The van der Waals surface area contributed by atoms with Crippen LogP contribution in [-0.2, 0) is 4.79 Å². The Morgan fingerprint density at radius 3 is 2.94 bits per heavy atom. The highest BCUT2D eigenvalue weighted by molar-refractivity contribution is 5.79. The lowest BCUT2D eigenvalue weighted by Crippen LogP contribution is -2.50. The molecule has 3 heteroatoms. The third kappa shape index (κ3) is 3.09. The molecular weight excluding hydrogens is 212 g/mol. The Kier molecular flexibility index (Phi) is 4.60. The first-order chi connectivity index (χ1) is 8.33. The zero-order chi connectivity index (χ0) is 12.1. The molecule has 0 spiro atoms. The van der Waals surface area contributed by atoms with Crippen molar-refractivity contribution in [3.8, 4) is 0 Å². The fourth-order valence-electron chi connectivity index (χ4n) is 2.99. The van der Waals surface area contributed by atoms with Crippen LogP contribution in [0.2, 0.25) is 0 Å². The zero-order valence-electron chi connectivity index (χ0n) is 10.8. The molecule has 2 rings (SSSR count). The van der Waals surface area contributed by atoms with Crippen LogP contribution in [0.3, 0.4) is 0 Å². The van der Waals surface area contributed by atoms with Crippen molar-refractivity contribution in [1.29, 1.82) is 0 Å². The number of allylic oxidation sites excluding steroid dienone is 2. The van der Waals surface area contributed by atoms with Gasteiger partial charge >= 0.3 is 0 Å². The largest absolute Gasteiger partial charge is 0.338 e. The minimum Gasteiger partial charge on any atom is -0.338 e. The summed E-state index contributed by atoms with van der Waals surface area (Å²) >= 11 is 0. The predicted molar refractivity (Wildman–Crippen MR) is 69.8 cm³/mol. The van der Waals surface area contributed by atoms with Crippen molar-refractivity contribution in [2.24, 2.45) is 5.92 Å². The van der Waals surface area contributed by atoms with E-state index in [0.717, 1.165) is 38.8 Å². The number of hydrogen-bond acceptors (Lipinski definition) is 2. The van der Waals surface area contributed by atoms with Gasteiger partial charge in [-0.1, -0.05) is 12.2 Å². The standard InChI is InChI=1S/C14H24N2O/c1-15-11-13-9-5-6-10-16(13)14(17)12-7-3-2-4-8-12/h2-3,12-13,15H,4-11H2,1H3. The summed E-state index contributed by atoms with van der Waals surface area (Å²) in [7, 11) is 1.97. The molecule has 1 aliphatic heterocycles.